The number of aryl methyl sites for hydroxylation is 1. The van der Waals surface area contributed by atoms with Gasteiger partial charge in [-0.05, 0) is 56.7 Å². The number of carbonyl (C=O) groups is 3. The smallest absolute Gasteiger partial charge is 0.253 e. The summed E-state index contributed by atoms with van der Waals surface area (Å²) in [5.41, 5.74) is 8.01. The van der Waals surface area contributed by atoms with Crippen LogP contribution in [0.3, 0.4) is 0 Å². The molecular weight excluding hydrogens is 380 g/mol. The van der Waals surface area contributed by atoms with Crippen LogP contribution in [0, 0.1) is 6.92 Å². The van der Waals surface area contributed by atoms with Gasteiger partial charge < -0.3 is 16.0 Å². The Labute approximate surface area is 176 Å². The van der Waals surface area contributed by atoms with E-state index in [1.807, 2.05) is 43.0 Å². The van der Waals surface area contributed by atoms with E-state index in [-0.39, 0.29) is 17.9 Å². The third kappa shape index (κ3) is 5.24. The topological polar surface area (TPSA) is 95.7 Å². The molecule has 0 spiro atoms. The van der Waals surface area contributed by atoms with Crippen molar-refractivity contribution in [3.05, 3.63) is 65.2 Å². The molecule has 7 heteroatoms. The van der Waals surface area contributed by atoms with Crippen molar-refractivity contribution < 1.29 is 14.4 Å². The number of hydrogen-bond acceptors (Lipinski definition) is 4. The van der Waals surface area contributed by atoms with E-state index in [1.165, 1.54) is 0 Å². The Bertz CT molecular complexity index is 926. The lowest BCUT2D eigenvalue weighted by atomic mass is 10.1. The van der Waals surface area contributed by atoms with Gasteiger partial charge in [0.05, 0.1) is 6.04 Å². The fraction of sp³-hybridized carbons (Fsp3) is 0.348. The zero-order valence-electron chi connectivity index (χ0n) is 17.4. The van der Waals surface area contributed by atoms with E-state index in [0.717, 1.165) is 18.5 Å². The second-order valence-corrected chi connectivity index (χ2v) is 7.66. The molecule has 0 radical (unpaired) electrons. The number of benzene rings is 2. The van der Waals surface area contributed by atoms with E-state index >= 15 is 0 Å². The Kier molecular flexibility index (Phi) is 6.84. The molecule has 1 fully saturated rings. The van der Waals surface area contributed by atoms with Crippen LogP contribution in [0.25, 0.3) is 0 Å². The predicted octanol–water partition coefficient (Wildman–Crippen LogP) is 2.27. The normalized spacial score (nSPS) is 15.9. The molecule has 1 saturated heterocycles. The molecule has 2 aromatic rings. The minimum absolute atomic E-state index is 0.0344. The standard InChI is InChI=1S/C23H28N4O3/c1-16-5-3-6-19(15-16)23(30)27-12-4-11-26(13-14-27)17(2)22(29)25-20-9-7-18(8-10-20)21(24)28/h3,5-10,15,17H,4,11-14H2,1-2H3,(H2,24,28)(H,25,29). The van der Waals surface area contributed by atoms with Gasteiger partial charge in [-0.1, -0.05) is 17.7 Å². The summed E-state index contributed by atoms with van der Waals surface area (Å²) in [6, 6.07) is 13.8. The summed E-state index contributed by atoms with van der Waals surface area (Å²) in [6.45, 7) is 6.47. The van der Waals surface area contributed by atoms with Gasteiger partial charge in [0.1, 0.15) is 0 Å². The van der Waals surface area contributed by atoms with Crippen molar-refractivity contribution in [1.29, 1.82) is 0 Å². The number of primary amides is 1. The van der Waals surface area contributed by atoms with Crippen LogP contribution in [-0.4, -0.2) is 59.7 Å². The Morgan fingerprint density at radius 3 is 2.37 bits per heavy atom. The maximum atomic E-state index is 12.8. The number of nitrogens with two attached hydrogens (primary N) is 1. The number of anilines is 1. The van der Waals surface area contributed by atoms with Crippen molar-refractivity contribution in [3.8, 4) is 0 Å². The Morgan fingerprint density at radius 1 is 0.967 bits per heavy atom. The zero-order valence-corrected chi connectivity index (χ0v) is 17.4. The zero-order chi connectivity index (χ0) is 21.7. The predicted molar refractivity (Wildman–Crippen MR) is 116 cm³/mol. The molecule has 3 amide bonds. The van der Waals surface area contributed by atoms with Crippen LogP contribution in [0.5, 0.6) is 0 Å². The summed E-state index contributed by atoms with van der Waals surface area (Å²) in [7, 11) is 0. The fourth-order valence-corrected chi connectivity index (χ4v) is 3.62. The molecule has 30 heavy (non-hydrogen) atoms. The van der Waals surface area contributed by atoms with Crippen molar-refractivity contribution in [1.82, 2.24) is 9.80 Å². The number of nitrogens with one attached hydrogen (secondary N) is 1. The SMILES string of the molecule is Cc1cccc(C(=O)N2CCCN(C(C)C(=O)Nc3ccc(C(N)=O)cc3)CC2)c1. The number of hydrogen-bond donors (Lipinski definition) is 2. The van der Waals surface area contributed by atoms with Crippen molar-refractivity contribution in [3.63, 3.8) is 0 Å². The molecule has 0 aromatic heterocycles. The van der Waals surface area contributed by atoms with E-state index in [9.17, 15) is 14.4 Å². The first-order chi connectivity index (χ1) is 14.3. The molecule has 2 aromatic carbocycles. The van der Waals surface area contributed by atoms with Crippen LogP contribution in [0.15, 0.2) is 48.5 Å². The second kappa shape index (κ2) is 9.54. The van der Waals surface area contributed by atoms with Crippen molar-refractivity contribution >= 4 is 23.4 Å². The molecule has 158 valence electrons. The highest BCUT2D eigenvalue weighted by atomic mass is 16.2. The summed E-state index contributed by atoms with van der Waals surface area (Å²) in [6.07, 6.45) is 0.808. The number of amides is 3. The van der Waals surface area contributed by atoms with Gasteiger partial charge in [0.25, 0.3) is 5.91 Å². The Balaban J connectivity index is 1.58. The molecule has 0 bridgehead atoms. The number of nitrogens with zero attached hydrogens (tertiary/aromatic N) is 2. The summed E-state index contributed by atoms with van der Waals surface area (Å²) >= 11 is 0. The molecule has 0 aliphatic carbocycles. The average Bonchev–Trinajstić information content (AvgIpc) is 2.99. The Morgan fingerprint density at radius 2 is 1.70 bits per heavy atom. The third-order valence-corrected chi connectivity index (χ3v) is 5.45. The summed E-state index contributed by atoms with van der Waals surface area (Å²) in [5.74, 6) is -0.594. The first-order valence-electron chi connectivity index (χ1n) is 10.2. The lowest BCUT2D eigenvalue weighted by molar-refractivity contribution is -0.120. The summed E-state index contributed by atoms with van der Waals surface area (Å²) < 4.78 is 0. The minimum atomic E-state index is -0.504. The van der Waals surface area contributed by atoms with Crippen molar-refractivity contribution in [2.24, 2.45) is 5.73 Å². The molecule has 3 rings (SSSR count). The Hall–Kier alpha value is -3.19. The van der Waals surface area contributed by atoms with Crippen LogP contribution < -0.4 is 11.1 Å². The third-order valence-electron chi connectivity index (χ3n) is 5.45. The first kappa shape index (κ1) is 21.5. The van der Waals surface area contributed by atoms with Gasteiger partial charge in [-0.25, -0.2) is 0 Å². The molecule has 7 nitrogen and oxygen atoms in total. The summed E-state index contributed by atoms with van der Waals surface area (Å²) in [4.78, 5) is 40.6. The number of carbonyl (C=O) groups excluding carboxylic acids is 3. The van der Waals surface area contributed by atoms with Crippen LogP contribution in [0.4, 0.5) is 5.69 Å². The highest BCUT2D eigenvalue weighted by molar-refractivity contribution is 5.96. The molecular formula is C23H28N4O3. The second-order valence-electron chi connectivity index (χ2n) is 7.66. The molecule has 1 heterocycles. The van der Waals surface area contributed by atoms with E-state index in [0.29, 0.717) is 36.4 Å². The van der Waals surface area contributed by atoms with Crippen molar-refractivity contribution in [2.75, 3.05) is 31.5 Å². The highest BCUT2D eigenvalue weighted by Gasteiger charge is 2.26. The summed E-state index contributed by atoms with van der Waals surface area (Å²) in [5, 5.41) is 2.88. The van der Waals surface area contributed by atoms with Gasteiger partial charge in [0, 0.05) is 43.0 Å². The molecule has 0 saturated carbocycles. The lowest BCUT2D eigenvalue weighted by Gasteiger charge is -2.27. The monoisotopic (exact) mass is 408 g/mol. The van der Waals surface area contributed by atoms with Crippen molar-refractivity contribution in [2.45, 2.75) is 26.3 Å². The van der Waals surface area contributed by atoms with E-state index in [4.69, 9.17) is 5.73 Å². The maximum Gasteiger partial charge on any atom is 0.253 e. The van der Waals surface area contributed by atoms with Gasteiger partial charge in [0.15, 0.2) is 0 Å². The van der Waals surface area contributed by atoms with Crippen LogP contribution in [-0.2, 0) is 4.79 Å². The van der Waals surface area contributed by atoms with Gasteiger partial charge in [0.2, 0.25) is 11.8 Å². The van der Waals surface area contributed by atoms with E-state index in [1.54, 1.807) is 24.3 Å². The van der Waals surface area contributed by atoms with Gasteiger partial charge in [-0.2, -0.15) is 0 Å². The quantitative estimate of drug-likeness (QED) is 0.793. The average molecular weight is 409 g/mol. The van der Waals surface area contributed by atoms with Gasteiger partial charge in [-0.3, -0.25) is 19.3 Å². The molecule has 3 N–H and O–H groups in total. The highest BCUT2D eigenvalue weighted by Crippen LogP contribution is 2.15. The first-order valence-corrected chi connectivity index (χ1v) is 10.2. The van der Waals surface area contributed by atoms with Gasteiger partial charge >= 0.3 is 0 Å². The fourth-order valence-electron chi connectivity index (χ4n) is 3.62. The van der Waals surface area contributed by atoms with E-state index < -0.39 is 5.91 Å². The van der Waals surface area contributed by atoms with E-state index in [2.05, 4.69) is 10.2 Å². The largest absolute Gasteiger partial charge is 0.366 e. The van der Waals surface area contributed by atoms with Gasteiger partial charge in [-0.15, -0.1) is 0 Å². The number of rotatable bonds is 5. The molecule has 1 unspecified atom stereocenters. The molecule has 1 atom stereocenters. The lowest BCUT2D eigenvalue weighted by Crippen LogP contribution is -2.44. The molecule has 1 aliphatic heterocycles. The van der Waals surface area contributed by atoms with Crippen LogP contribution in [0.2, 0.25) is 0 Å². The molecule has 1 aliphatic rings. The maximum absolute atomic E-state index is 12.8. The van der Waals surface area contributed by atoms with Crippen LogP contribution >= 0.6 is 0 Å². The van der Waals surface area contributed by atoms with Crippen LogP contribution in [0.1, 0.15) is 39.6 Å². The minimum Gasteiger partial charge on any atom is -0.366 e.